The summed E-state index contributed by atoms with van der Waals surface area (Å²) in [6.07, 6.45) is 6.45. The van der Waals surface area contributed by atoms with Crippen LogP contribution in [0.3, 0.4) is 0 Å². The lowest BCUT2D eigenvalue weighted by atomic mass is 9.80. The van der Waals surface area contributed by atoms with Crippen LogP contribution in [0.25, 0.3) is 0 Å². The number of benzene rings is 1. The standard InChI is InChI=1S/C20H33N3O/c1-4-5-10-21-19-14-16-13-17(24-3)6-7-18(16)20(22-19)15-8-11-23(2)12-9-15/h6-7,13,15,19-22H,4-5,8-12,14H2,1-3H3/t19-,20?/m1/s1. The first kappa shape index (κ1) is 17.7. The summed E-state index contributed by atoms with van der Waals surface area (Å²) >= 11 is 0. The van der Waals surface area contributed by atoms with E-state index < -0.39 is 0 Å². The molecule has 1 aromatic carbocycles. The molecular formula is C20H33N3O. The van der Waals surface area contributed by atoms with Gasteiger partial charge in [0.15, 0.2) is 0 Å². The van der Waals surface area contributed by atoms with Crippen LogP contribution >= 0.6 is 0 Å². The number of ether oxygens (including phenoxy) is 1. The summed E-state index contributed by atoms with van der Waals surface area (Å²) in [7, 11) is 3.99. The second-order valence-electron chi connectivity index (χ2n) is 7.41. The van der Waals surface area contributed by atoms with Crippen molar-refractivity contribution in [3.63, 3.8) is 0 Å². The lowest BCUT2D eigenvalue weighted by Gasteiger charge is -2.41. The quantitative estimate of drug-likeness (QED) is 0.786. The van der Waals surface area contributed by atoms with E-state index in [9.17, 15) is 0 Å². The topological polar surface area (TPSA) is 36.5 Å². The van der Waals surface area contributed by atoms with Crippen molar-refractivity contribution in [3.05, 3.63) is 29.3 Å². The Morgan fingerprint density at radius 2 is 2.08 bits per heavy atom. The highest BCUT2D eigenvalue weighted by atomic mass is 16.5. The second kappa shape index (κ2) is 8.32. The van der Waals surface area contributed by atoms with E-state index in [0.717, 1.165) is 24.6 Å². The first-order valence-corrected chi connectivity index (χ1v) is 9.56. The largest absolute Gasteiger partial charge is 0.497 e. The molecule has 2 heterocycles. The van der Waals surface area contributed by atoms with Crippen molar-refractivity contribution in [3.8, 4) is 5.75 Å². The Kier molecular flexibility index (Phi) is 6.14. The maximum Gasteiger partial charge on any atom is 0.119 e. The predicted molar refractivity (Wildman–Crippen MR) is 99.5 cm³/mol. The van der Waals surface area contributed by atoms with E-state index >= 15 is 0 Å². The maximum absolute atomic E-state index is 5.46. The summed E-state index contributed by atoms with van der Waals surface area (Å²) in [5, 5.41) is 7.64. The molecule has 2 atom stereocenters. The SMILES string of the molecule is CCCCN[C@H]1Cc2cc(OC)ccc2C(C2CCN(C)CC2)N1. The zero-order valence-corrected chi connectivity index (χ0v) is 15.5. The number of hydrogen-bond donors (Lipinski definition) is 2. The van der Waals surface area contributed by atoms with Gasteiger partial charge in [-0.1, -0.05) is 19.4 Å². The smallest absolute Gasteiger partial charge is 0.119 e. The molecular weight excluding hydrogens is 298 g/mol. The Bertz CT molecular complexity index is 526. The highest BCUT2D eigenvalue weighted by molar-refractivity contribution is 5.40. The van der Waals surface area contributed by atoms with E-state index in [-0.39, 0.29) is 0 Å². The molecule has 2 N–H and O–H groups in total. The van der Waals surface area contributed by atoms with Crippen molar-refractivity contribution in [2.75, 3.05) is 33.8 Å². The molecule has 1 fully saturated rings. The van der Waals surface area contributed by atoms with Crippen LogP contribution in [0.1, 0.15) is 49.8 Å². The number of nitrogens with one attached hydrogen (secondary N) is 2. The molecule has 1 saturated heterocycles. The number of rotatable bonds is 6. The summed E-state index contributed by atoms with van der Waals surface area (Å²) < 4.78 is 5.46. The van der Waals surface area contributed by atoms with E-state index in [1.54, 1.807) is 7.11 Å². The van der Waals surface area contributed by atoms with Gasteiger partial charge in [0.2, 0.25) is 0 Å². The van der Waals surface area contributed by atoms with Gasteiger partial charge in [-0.15, -0.1) is 0 Å². The number of hydrogen-bond acceptors (Lipinski definition) is 4. The van der Waals surface area contributed by atoms with E-state index in [1.807, 2.05) is 0 Å². The minimum absolute atomic E-state index is 0.376. The molecule has 134 valence electrons. The molecule has 0 aliphatic carbocycles. The third-order valence-corrected chi connectivity index (χ3v) is 5.65. The third-order valence-electron chi connectivity index (χ3n) is 5.65. The fraction of sp³-hybridized carbons (Fsp3) is 0.700. The molecule has 3 rings (SSSR count). The molecule has 0 bridgehead atoms. The van der Waals surface area contributed by atoms with Gasteiger partial charge < -0.3 is 15.0 Å². The molecule has 0 radical (unpaired) electrons. The number of fused-ring (bicyclic) bond motifs is 1. The van der Waals surface area contributed by atoms with Gasteiger partial charge in [-0.25, -0.2) is 0 Å². The summed E-state index contributed by atoms with van der Waals surface area (Å²) in [4.78, 5) is 2.45. The zero-order chi connectivity index (χ0) is 16.9. The third kappa shape index (κ3) is 4.11. The number of methoxy groups -OCH3 is 1. The lowest BCUT2D eigenvalue weighted by Crippen LogP contribution is -2.51. The Hall–Kier alpha value is -1.10. The molecule has 2 aliphatic heterocycles. The molecule has 1 aromatic rings. The van der Waals surface area contributed by atoms with Gasteiger partial charge >= 0.3 is 0 Å². The van der Waals surface area contributed by atoms with Gasteiger partial charge in [-0.3, -0.25) is 5.32 Å². The van der Waals surface area contributed by atoms with Gasteiger partial charge in [0.25, 0.3) is 0 Å². The van der Waals surface area contributed by atoms with Crippen LogP contribution in [0.4, 0.5) is 0 Å². The van der Waals surface area contributed by atoms with Crippen molar-refractivity contribution < 1.29 is 4.74 Å². The van der Waals surface area contributed by atoms with Gasteiger partial charge in [-0.2, -0.15) is 0 Å². The van der Waals surface area contributed by atoms with Crippen LogP contribution in [0.5, 0.6) is 5.75 Å². The molecule has 4 heteroatoms. The first-order chi connectivity index (χ1) is 11.7. The van der Waals surface area contributed by atoms with E-state index in [1.165, 1.54) is 49.9 Å². The van der Waals surface area contributed by atoms with Crippen molar-refractivity contribution >= 4 is 0 Å². The van der Waals surface area contributed by atoms with Crippen LogP contribution in [-0.2, 0) is 6.42 Å². The number of piperidine rings is 1. The van der Waals surface area contributed by atoms with Crippen LogP contribution in [0.15, 0.2) is 18.2 Å². The lowest BCUT2D eigenvalue weighted by molar-refractivity contribution is 0.167. The first-order valence-electron chi connectivity index (χ1n) is 9.56. The molecule has 0 aromatic heterocycles. The summed E-state index contributed by atoms with van der Waals surface area (Å²) in [5.41, 5.74) is 2.94. The molecule has 0 spiro atoms. The molecule has 24 heavy (non-hydrogen) atoms. The van der Waals surface area contributed by atoms with E-state index in [4.69, 9.17) is 4.74 Å². The minimum atomic E-state index is 0.376. The van der Waals surface area contributed by atoms with E-state index in [0.29, 0.717) is 12.2 Å². The maximum atomic E-state index is 5.46. The Morgan fingerprint density at radius 1 is 1.29 bits per heavy atom. The second-order valence-corrected chi connectivity index (χ2v) is 7.41. The van der Waals surface area contributed by atoms with Crippen molar-refractivity contribution in [1.82, 2.24) is 15.5 Å². The van der Waals surface area contributed by atoms with Gasteiger partial charge in [-0.05, 0) is 75.1 Å². The Balaban J connectivity index is 1.78. The van der Waals surface area contributed by atoms with Crippen LogP contribution in [0, 0.1) is 5.92 Å². The van der Waals surface area contributed by atoms with Crippen LogP contribution in [-0.4, -0.2) is 44.9 Å². The highest BCUT2D eigenvalue weighted by Crippen LogP contribution is 2.36. The fourth-order valence-corrected chi connectivity index (χ4v) is 4.11. The van der Waals surface area contributed by atoms with Gasteiger partial charge in [0, 0.05) is 12.5 Å². The number of nitrogens with zero attached hydrogens (tertiary/aromatic N) is 1. The Labute approximate surface area is 147 Å². The average Bonchev–Trinajstić information content (AvgIpc) is 2.61. The minimum Gasteiger partial charge on any atom is -0.497 e. The number of likely N-dealkylation sites (tertiary alicyclic amines) is 1. The van der Waals surface area contributed by atoms with Crippen molar-refractivity contribution in [1.29, 1.82) is 0 Å². The van der Waals surface area contributed by atoms with Crippen LogP contribution in [0.2, 0.25) is 0 Å². The van der Waals surface area contributed by atoms with Crippen LogP contribution < -0.4 is 15.4 Å². The molecule has 2 aliphatic rings. The Morgan fingerprint density at radius 3 is 2.79 bits per heavy atom. The monoisotopic (exact) mass is 331 g/mol. The predicted octanol–water partition coefficient (Wildman–Crippen LogP) is 2.94. The molecule has 1 unspecified atom stereocenters. The van der Waals surface area contributed by atoms with Crippen molar-refractivity contribution in [2.45, 2.75) is 51.2 Å². The van der Waals surface area contributed by atoms with Gasteiger partial charge in [0.05, 0.1) is 13.3 Å². The summed E-state index contributed by atoms with van der Waals surface area (Å²) in [6.45, 7) is 5.76. The summed E-state index contributed by atoms with van der Waals surface area (Å²) in [5.74, 6) is 1.70. The molecule has 0 saturated carbocycles. The van der Waals surface area contributed by atoms with Gasteiger partial charge in [0.1, 0.15) is 5.75 Å². The number of unbranched alkanes of at least 4 members (excludes halogenated alkanes) is 1. The highest BCUT2D eigenvalue weighted by Gasteiger charge is 2.33. The zero-order valence-electron chi connectivity index (χ0n) is 15.5. The molecule has 4 nitrogen and oxygen atoms in total. The summed E-state index contributed by atoms with van der Waals surface area (Å²) in [6, 6.07) is 7.11. The average molecular weight is 332 g/mol. The normalized spacial score (nSPS) is 25.5. The fourth-order valence-electron chi connectivity index (χ4n) is 4.11. The van der Waals surface area contributed by atoms with Crippen molar-refractivity contribution in [2.24, 2.45) is 5.92 Å². The molecule has 0 amide bonds. The van der Waals surface area contributed by atoms with E-state index in [2.05, 4.69) is 47.7 Å².